The van der Waals surface area contributed by atoms with E-state index < -0.39 is 0 Å². The molecule has 1 fully saturated rings. The molecular formula is C17H23N3. The molecule has 1 aliphatic rings. The minimum atomic E-state index is 0.680. The highest BCUT2D eigenvalue weighted by molar-refractivity contribution is 5.81. The molecular weight excluding hydrogens is 246 g/mol. The van der Waals surface area contributed by atoms with E-state index in [1.165, 1.54) is 36.8 Å². The molecule has 0 radical (unpaired) electrons. The molecule has 3 rings (SSSR count). The Morgan fingerprint density at radius 3 is 2.95 bits per heavy atom. The number of hydrogen-bond acceptors (Lipinski definition) is 3. The van der Waals surface area contributed by atoms with Crippen molar-refractivity contribution in [1.29, 1.82) is 0 Å². The lowest BCUT2D eigenvalue weighted by molar-refractivity contribution is 0.153. The maximum absolute atomic E-state index is 4.75. The summed E-state index contributed by atoms with van der Waals surface area (Å²) >= 11 is 0. The Morgan fingerprint density at radius 1 is 1.30 bits per heavy atom. The Kier molecular flexibility index (Phi) is 3.88. The minimum Gasteiger partial charge on any atom is -0.373 e. The van der Waals surface area contributed by atoms with E-state index in [-0.39, 0.29) is 0 Å². The Bertz CT molecular complexity index is 594. The van der Waals surface area contributed by atoms with Crippen molar-refractivity contribution in [1.82, 2.24) is 9.88 Å². The summed E-state index contributed by atoms with van der Waals surface area (Å²) in [7, 11) is 1.96. The molecule has 1 N–H and O–H groups in total. The molecule has 2 heterocycles. The zero-order chi connectivity index (χ0) is 13.9. The van der Waals surface area contributed by atoms with Crippen LogP contribution in [0.15, 0.2) is 30.3 Å². The smallest absolute Gasteiger partial charge is 0.130 e. The van der Waals surface area contributed by atoms with Crippen LogP contribution in [0.2, 0.25) is 0 Å². The quantitative estimate of drug-likeness (QED) is 0.922. The highest BCUT2D eigenvalue weighted by atomic mass is 15.2. The van der Waals surface area contributed by atoms with Gasteiger partial charge in [-0.2, -0.15) is 0 Å². The first-order valence-electron chi connectivity index (χ1n) is 7.58. The van der Waals surface area contributed by atoms with Crippen molar-refractivity contribution in [3.8, 4) is 0 Å². The fourth-order valence-corrected chi connectivity index (χ4v) is 3.11. The van der Waals surface area contributed by atoms with Crippen LogP contribution in [0.1, 0.15) is 31.7 Å². The van der Waals surface area contributed by atoms with Crippen LogP contribution in [0, 0.1) is 0 Å². The summed E-state index contributed by atoms with van der Waals surface area (Å²) in [5, 5.41) is 4.48. The number of fused-ring (bicyclic) bond motifs is 1. The van der Waals surface area contributed by atoms with Gasteiger partial charge in [0, 0.05) is 30.6 Å². The van der Waals surface area contributed by atoms with Crippen LogP contribution in [0.3, 0.4) is 0 Å². The van der Waals surface area contributed by atoms with E-state index >= 15 is 0 Å². The van der Waals surface area contributed by atoms with Crippen LogP contribution in [-0.2, 0) is 6.54 Å². The summed E-state index contributed by atoms with van der Waals surface area (Å²) in [6.07, 6.45) is 4.00. The first-order valence-corrected chi connectivity index (χ1v) is 7.58. The lowest BCUT2D eigenvalue weighted by Crippen LogP contribution is -2.36. The average molecular weight is 269 g/mol. The predicted molar refractivity (Wildman–Crippen MR) is 85.0 cm³/mol. The lowest BCUT2D eigenvalue weighted by Gasteiger charge is -2.33. The summed E-state index contributed by atoms with van der Waals surface area (Å²) in [4.78, 5) is 7.33. The van der Waals surface area contributed by atoms with E-state index in [0.717, 1.165) is 17.9 Å². The van der Waals surface area contributed by atoms with Gasteiger partial charge in [0.05, 0.1) is 5.52 Å². The maximum atomic E-state index is 4.75. The predicted octanol–water partition coefficient (Wildman–Crippen LogP) is 3.65. The van der Waals surface area contributed by atoms with E-state index in [1.807, 2.05) is 13.1 Å². The molecule has 1 saturated heterocycles. The van der Waals surface area contributed by atoms with Gasteiger partial charge < -0.3 is 5.32 Å². The number of likely N-dealkylation sites (tertiary alicyclic amines) is 1. The lowest BCUT2D eigenvalue weighted by atomic mass is 10.0. The van der Waals surface area contributed by atoms with Crippen LogP contribution in [0.25, 0.3) is 10.9 Å². The molecule has 1 aromatic carbocycles. The van der Waals surface area contributed by atoms with E-state index in [4.69, 9.17) is 4.98 Å². The molecule has 2 aromatic rings. The highest BCUT2D eigenvalue weighted by Gasteiger charge is 2.19. The van der Waals surface area contributed by atoms with Crippen molar-refractivity contribution in [2.45, 2.75) is 38.8 Å². The number of hydrogen-bond donors (Lipinski definition) is 1. The van der Waals surface area contributed by atoms with Gasteiger partial charge in [0.2, 0.25) is 0 Å². The summed E-state index contributed by atoms with van der Waals surface area (Å²) < 4.78 is 0. The normalized spacial score (nSPS) is 20.2. The van der Waals surface area contributed by atoms with Gasteiger partial charge in [0.25, 0.3) is 0 Å². The standard InChI is InChI=1S/C17H23N3/c1-13-7-5-6-10-20(13)12-15-11-14-8-3-4-9-16(14)19-17(15)18-2/h3-4,8-9,11,13H,5-7,10,12H2,1-2H3,(H,18,19). The summed E-state index contributed by atoms with van der Waals surface area (Å²) in [6, 6.07) is 11.3. The Hall–Kier alpha value is -1.61. The molecule has 106 valence electrons. The number of aromatic nitrogens is 1. The molecule has 0 spiro atoms. The fraction of sp³-hybridized carbons (Fsp3) is 0.471. The molecule has 1 aliphatic heterocycles. The largest absolute Gasteiger partial charge is 0.373 e. The van der Waals surface area contributed by atoms with E-state index in [0.29, 0.717) is 6.04 Å². The first-order chi connectivity index (χ1) is 9.78. The minimum absolute atomic E-state index is 0.680. The molecule has 1 atom stereocenters. The molecule has 1 unspecified atom stereocenters. The Balaban J connectivity index is 1.92. The number of rotatable bonds is 3. The Morgan fingerprint density at radius 2 is 2.15 bits per heavy atom. The molecule has 3 heteroatoms. The van der Waals surface area contributed by atoms with Crippen LogP contribution >= 0.6 is 0 Å². The third-order valence-electron chi connectivity index (χ3n) is 4.35. The number of piperidine rings is 1. The molecule has 20 heavy (non-hydrogen) atoms. The van der Waals surface area contributed by atoms with E-state index in [1.54, 1.807) is 0 Å². The zero-order valence-electron chi connectivity index (χ0n) is 12.4. The van der Waals surface area contributed by atoms with E-state index in [9.17, 15) is 0 Å². The summed E-state index contributed by atoms with van der Waals surface area (Å²) in [5.74, 6) is 1.02. The fourth-order valence-electron chi connectivity index (χ4n) is 3.11. The van der Waals surface area contributed by atoms with Crippen molar-refractivity contribution in [3.05, 3.63) is 35.9 Å². The topological polar surface area (TPSA) is 28.2 Å². The zero-order valence-corrected chi connectivity index (χ0v) is 12.4. The number of nitrogens with one attached hydrogen (secondary N) is 1. The van der Waals surface area contributed by atoms with Gasteiger partial charge in [0.1, 0.15) is 5.82 Å². The number of benzene rings is 1. The average Bonchev–Trinajstić information content (AvgIpc) is 2.49. The molecule has 3 nitrogen and oxygen atoms in total. The first kappa shape index (κ1) is 13.4. The number of pyridine rings is 1. The van der Waals surface area contributed by atoms with Crippen LogP contribution < -0.4 is 5.32 Å². The van der Waals surface area contributed by atoms with Gasteiger partial charge in [-0.05, 0) is 38.4 Å². The van der Waals surface area contributed by atoms with E-state index in [2.05, 4.69) is 41.4 Å². The second kappa shape index (κ2) is 5.80. The van der Waals surface area contributed by atoms with Gasteiger partial charge in [-0.15, -0.1) is 0 Å². The van der Waals surface area contributed by atoms with Gasteiger partial charge in [0.15, 0.2) is 0 Å². The van der Waals surface area contributed by atoms with Gasteiger partial charge >= 0.3 is 0 Å². The number of para-hydroxylation sites is 1. The summed E-state index contributed by atoms with van der Waals surface area (Å²) in [5.41, 5.74) is 2.37. The number of nitrogens with zero attached hydrogens (tertiary/aromatic N) is 2. The maximum Gasteiger partial charge on any atom is 0.130 e. The highest BCUT2D eigenvalue weighted by Crippen LogP contribution is 2.25. The Labute approximate surface area is 121 Å². The molecule has 0 saturated carbocycles. The van der Waals surface area contributed by atoms with Gasteiger partial charge in [-0.25, -0.2) is 4.98 Å². The van der Waals surface area contributed by atoms with Crippen molar-refractivity contribution in [2.24, 2.45) is 0 Å². The van der Waals surface area contributed by atoms with Gasteiger partial charge in [-0.3, -0.25) is 4.90 Å². The van der Waals surface area contributed by atoms with Crippen LogP contribution in [0.4, 0.5) is 5.82 Å². The number of anilines is 1. The van der Waals surface area contributed by atoms with Crippen LogP contribution in [-0.4, -0.2) is 29.5 Å². The second-order valence-electron chi connectivity index (χ2n) is 5.75. The summed E-state index contributed by atoms with van der Waals surface area (Å²) in [6.45, 7) is 4.54. The third-order valence-corrected chi connectivity index (χ3v) is 4.35. The monoisotopic (exact) mass is 269 g/mol. The van der Waals surface area contributed by atoms with Crippen molar-refractivity contribution in [3.63, 3.8) is 0 Å². The van der Waals surface area contributed by atoms with Crippen molar-refractivity contribution in [2.75, 3.05) is 18.9 Å². The van der Waals surface area contributed by atoms with Crippen molar-refractivity contribution >= 4 is 16.7 Å². The van der Waals surface area contributed by atoms with Crippen molar-refractivity contribution < 1.29 is 0 Å². The van der Waals surface area contributed by atoms with Gasteiger partial charge in [-0.1, -0.05) is 24.6 Å². The van der Waals surface area contributed by atoms with Crippen LogP contribution in [0.5, 0.6) is 0 Å². The molecule has 1 aromatic heterocycles. The second-order valence-corrected chi connectivity index (χ2v) is 5.75. The SMILES string of the molecule is CNc1nc2ccccc2cc1CN1CCCCC1C. The molecule has 0 bridgehead atoms. The third kappa shape index (κ3) is 2.63. The molecule has 0 amide bonds. The molecule has 0 aliphatic carbocycles.